The first-order valence-electron chi connectivity index (χ1n) is 7.78. The molecule has 0 radical (unpaired) electrons. The van der Waals surface area contributed by atoms with E-state index in [9.17, 15) is 4.79 Å². The predicted molar refractivity (Wildman–Crippen MR) is 96.9 cm³/mol. The fourth-order valence-electron chi connectivity index (χ4n) is 2.27. The molecule has 1 aromatic carbocycles. The Kier molecular flexibility index (Phi) is 6.52. The topological polar surface area (TPSA) is 58.1 Å². The van der Waals surface area contributed by atoms with Crippen molar-refractivity contribution < 1.29 is 4.79 Å². The van der Waals surface area contributed by atoms with E-state index in [1.165, 1.54) is 6.33 Å². The zero-order chi connectivity index (χ0) is 16.7. The second-order valence-corrected chi connectivity index (χ2v) is 6.04. The number of para-hydroxylation sites is 1. The van der Waals surface area contributed by atoms with E-state index in [1.807, 2.05) is 24.3 Å². The molecule has 2 aromatic rings. The molecule has 1 N–H and O–H groups in total. The van der Waals surface area contributed by atoms with E-state index < -0.39 is 0 Å². The summed E-state index contributed by atoms with van der Waals surface area (Å²) in [5.41, 5.74) is 1.08. The van der Waals surface area contributed by atoms with Crippen LogP contribution in [0.3, 0.4) is 0 Å². The number of hydrogen-bond acceptors (Lipinski definition) is 4. The standard InChI is InChI=1S/C17H21BrN4O/c1-3-9-22(10-4-2)16-11-15(19-12-20-16)17(23)21-14-8-6-5-7-13(14)18/h5-8,11-12H,3-4,9-10H2,1-2H3,(H,21,23). The normalized spacial score (nSPS) is 10.4. The second kappa shape index (κ2) is 8.62. The van der Waals surface area contributed by atoms with Gasteiger partial charge in [-0.2, -0.15) is 0 Å². The van der Waals surface area contributed by atoms with Crippen molar-refractivity contribution in [3.8, 4) is 0 Å². The molecule has 122 valence electrons. The lowest BCUT2D eigenvalue weighted by atomic mass is 10.3. The molecule has 0 saturated heterocycles. The zero-order valence-electron chi connectivity index (χ0n) is 13.4. The average molecular weight is 377 g/mol. The summed E-state index contributed by atoms with van der Waals surface area (Å²) in [4.78, 5) is 23.0. The predicted octanol–water partition coefficient (Wildman–Crippen LogP) is 4.12. The Labute approximate surface area is 145 Å². The van der Waals surface area contributed by atoms with Gasteiger partial charge in [0.05, 0.1) is 5.69 Å². The van der Waals surface area contributed by atoms with Crippen molar-refractivity contribution >= 4 is 33.3 Å². The average Bonchev–Trinajstić information content (AvgIpc) is 2.57. The van der Waals surface area contributed by atoms with Gasteiger partial charge >= 0.3 is 0 Å². The van der Waals surface area contributed by atoms with E-state index in [4.69, 9.17) is 0 Å². The van der Waals surface area contributed by atoms with Gasteiger partial charge in [-0.05, 0) is 40.9 Å². The molecule has 0 aliphatic carbocycles. The summed E-state index contributed by atoms with van der Waals surface area (Å²) in [5.74, 6) is 0.550. The first-order chi connectivity index (χ1) is 11.2. The van der Waals surface area contributed by atoms with Gasteiger partial charge in [-0.3, -0.25) is 4.79 Å². The molecule has 0 saturated carbocycles. The minimum atomic E-state index is -0.242. The summed E-state index contributed by atoms with van der Waals surface area (Å²) in [5, 5.41) is 2.86. The van der Waals surface area contributed by atoms with Gasteiger partial charge in [-0.1, -0.05) is 26.0 Å². The number of anilines is 2. The minimum Gasteiger partial charge on any atom is -0.357 e. The van der Waals surface area contributed by atoms with Crippen molar-refractivity contribution in [3.05, 3.63) is 46.8 Å². The highest BCUT2D eigenvalue weighted by atomic mass is 79.9. The van der Waals surface area contributed by atoms with Crippen LogP contribution in [0.4, 0.5) is 11.5 Å². The fraction of sp³-hybridized carbons (Fsp3) is 0.353. The monoisotopic (exact) mass is 376 g/mol. The maximum absolute atomic E-state index is 12.4. The number of aromatic nitrogens is 2. The van der Waals surface area contributed by atoms with Gasteiger partial charge < -0.3 is 10.2 Å². The molecule has 2 rings (SSSR count). The second-order valence-electron chi connectivity index (χ2n) is 5.18. The van der Waals surface area contributed by atoms with Crippen LogP contribution in [-0.4, -0.2) is 29.0 Å². The number of nitrogens with one attached hydrogen (secondary N) is 1. The third-order valence-electron chi connectivity index (χ3n) is 3.32. The summed E-state index contributed by atoms with van der Waals surface area (Å²) in [6, 6.07) is 9.24. The van der Waals surface area contributed by atoms with E-state index in [2.05, 4.69) is 50.0 Å². The van der Waals surface area contributed by atoms with Gasteiger partial charge in [-0.15, -0.1) is 0 Å². The number of hydrogen-bond donors (Lipinski definition) is 1. The number of carbonyl (C=O) groups is 1. The maximum atomic E-state index is 12.4. The number of nitrogens with zero attached hydrogens (tertiary/aromatic N) is 3. The Hall–Kier alpha value is -1.95. The third kappa shape index (κ3) is 4.76. The number of amides is 1. The van der Waals surface area contributed by atoms with Crippen molar-refractivity contribution in [2.75, 3.05) is 23.3 Å². The number of rotatable bonds is 7. The highest BCUT2D eigenvalue weighted by Gasteiger charge is 2.13. The maximum Gasteiger partial charge on any atom is 0.274 e. The van der Waals surface area contributed by atoms with Gasteiger partial charge in [0.15, 0.2) is 0 Å². The highest BCUT2D eigenvalue weighted by molar-refractivity contribution is 9.10. The van der Waals surface area contributed by atoms with E-state index in [1.54, 1.807) is 6.07 Å². The van der Waals surface area contributed by atoms with Crippen molar-refractivity contribution in [2.24, 2.45) is 0 Å². The summed E-state index contributed by atoms with van der Waals surface area (Å²) < 4.78 is 0.834. The Morgan fingerprint density at radius 1 is 1.17 bits per heavy atom. The van der Waals surface area contributed by atoms with Gasteiger partial charge in [0, 0.05) is 23.6 Å². The smallest absolute Gasteiger partial charge is 0.274 e. The molecular weight excluding hydrogens is 356 g/mol. The van der Waals surface area contributed by atoms with Crippen LogP contribution in [0.25, 0.3) is 0 Å². The molecule has 0 aliphatic heterocycles. The van der Waals surface area contributed by atoms with Crippen LogP contribution >= 0.6 is 15.9 Å². The summed E-state index contributed by atoms with van der Waals surface area (Å²) in [6.45, 7) is 6.08. The van der Waals surface area contributed by atoms with Crippen LogP contribution in [-0.2, 0) is 0 Å². The lowest BCUT2D eigenvalue weighted by Crippen LogP contribution is -2.26. The van der Waals surface area contributed by atoms with Crippen LogP contribution in [0.2, 0.25) is 0 Å². The Morgan fingerprint density at radius 2 is 1.87 bits per heavy atom. The molecule has 23 heavy (non-hydrogen) atoms. The molecule has 1 heterocycles. The van der Waals surface area contributed by atoms with Crippen molar-refractivity contribution in [2.45, 2.75) is 26.7 Å². The van der Waals surface area contributed by atoms with Crippen molar-refractivity contribution in [1.29, 1.82) is 0 Å². The van der Waals surface area contributed by atoms with E-state index in [0.29, 0.717) is 5.69 Å². The summed E-state index contributed by atoms with van der Waals surface area (Å²) in [6.07, 6.45) is 3.51. The molecule has 0 fully saturated rings. The number of carbonyl (C=O) groups excluding carboxylic acids is 1. The zero-order valence-corrected chi connectivity index (χ0v) is 15.0. The Bertz CT molecular complexity index is 657. The van der Waals surface area contributed by atoms with E-state index >= 15 is 0 Å². The van der Waals surface area contributed by atoms with Crippen molar-refractivity contribution in [3.63, 3.8) is 0 Å². The molecule has 0 atom stereocenters. The largest absolute Gasteiger partial charge is 0.357 e. The van der Waals surface area contributed by atoms with Crippen molar-refractivity contribution in [1.82, 2.24) is 9.97 Å². The molecule has 5 nitrogen and oxygen atoms in total. The van der Waals surface area contributed by atoms with Crippen LogP contribution in [0.5, 0.6) is 0 Å². The third-order valence-corrected chi connectivity index (χ3v) is 4.01. The molecule has 0 spiro atoms. The van der Waals surface area contributed by atoms with E-state index in [0.717, 1.165) is 41.9 Å². The molecule has 0 aliphatic rings. The molecule has 0 unspecified atom stereocenters. The minimum absolute atomic E-state index is 0.242. The summed E-state index contributed by atoms with van der Waals surface area (Å²) >= 11 is 3.42. The first-order valence-corrected chi connectivity index (χ1v) is 8.57. The van der Waals surface area contributed by atoms with Gasteiger partial charge in [-0.25, -0.2) is 9.97 Å². The van der Waals surface area contributed by atoms with Crippen LogP contribution in [0.1, 0.15) is 37.2 Å². The Morgan fingerprint density at radius 3 is 2.52 bits per heavy atom. The van der Waals surface area contributed by atoms with Gasteiger partial charge in [0.25, 0.3) is 5.91 Å². The lowest BCUT2D eigenvalue weighted by molar-refractivity contribution is 0.102. The molecule has 6 heteroatoms. The molecule has 1 amide bonds. The molecule has 0 bridgehead atoms. The fourth-order valence-corrected chi connectivity index (χ4v) is 2.66. The number of benzene rings is 1. The molecule has 1 aromatic heterocycles. The SMILES string of the molecule is CCCN(CCC)c1cc(C(=O)Nc2ccccc2Br)ncn1. The van der Waals surface area contributed by atoms with Gasteiger partial charge in [0.2, 0.25) is 0 Å². The highest BCUT2D eigenvalue weighted by Crippen LogP contribution is 2.22. The number of halogens is 1. The van der Waals surface area contributed by atoms with Crippen LogP contribution in [0, 0.1) is 0 Å². The first kappa shape index (κ1) is 17.4. The summed E-state index contributed by atoms with van der Waals surface area (Å²) in [7, 11) is 0. The molecular formula is C17H21BrN4O. The van der Waals surface area contributed by atoms with E-state index in [-0.39, 0.29) is 5.91 Å². The Balaban J connectivity index is 2.18. The lowest BCUT2D eigenvalue weighted by Gasteiger charge is -2.22. The van der Waals surface area contributed by atoms with Gasteiger partial charge in [0.1, 0.15) is 17.8 Å². The van der Waals surface area contributed by atoms with Crippen LogP contribution < -0.4 is 10.2 Å². The quantitative estimate of drug-likeness (QED) is 0.789. The van der Waals surface area contributed by atoms with Crippen LogP contribution in [0.15, 0.2) is 41.1 Å².